The monoisotopic (exact) mass is 282 g/mol. The fourth-order valence-electron chi connectivity index (χ4n) is 2.35. The first kappa shape index (κ1) is 14.9. The van der Waals surface area contributed by atoms with Crippen molar-refractivity contribution in [3.63, 3.8) is 0 Å². The molecule has 0 aromatic carbocycles. The standard InChI is InChI=1S/C15H26N2OS/c1-5-7-16-13(11-6-8-18-9-11)14-17-12(10-19-14)15(2,3)4/h10-11,13,16H,5-9H2,1-4H3. The van der Waals surface area contributed by atoms with Gasteiger partial charge in [0.15, 0.2) is 0 Å². The maximum atomic E-state index is 5.55. The minimum absolute atomic E-state index is 0.135. The van der Waals surface area contributed by atoms with Crippen LogP contribution in [-0.4, -0.2) is 24.7 Å². The third kappa shape index (κ3) is 3.77. The smallest absolute Gasteiger partial charge is 0.110 e. The zero-order valence-electron chi connectivity index (χ0n) is 12.5. The molecule has 2 heterocycles. The Labute approximate surface area is 120 Å². The highest BCUT2D eigenvalue weighted by molar-refractivity contribution is 7.09. The molecule has 0 bridgehead atoms. The van der Waals surface area contributed by atoms with Crippen molar-refractivity contribution in [3.05, 3.63) is 16.1 Å². The quantitative estimate of drug-likeness (QED) is 0.897. The Hall–Kier alpha value is -0.450. The first-order valence-electron chi connectivity index (χ1n) is 7.29. The van der Waals surface area contributed by atoms with Crippen LogP contribution in [0.2, 0.25) is 0 Å². The lowest BCUT2D eigenvalue weighted by molar-refractivity contribution is 0.176. The van der Waals surface area contributed by atoms with Crippen molar-refractivity contribution in [2.45, 2.75) is 52.0 Å². The molecule has 1 aliphatic rings. The molecule has 1 aliphatic heterocycles. The summed E-state index contributed by atoms with van der Waals surface area (Å²) in [7, 11) is 0. The molecule has 1 aromatic heterocycles. The summed E-state index contributed by atoms with van der Waals surface area (Å²) < 4.78 is 5.55. The number of hydrogen-bond acceptors (Lipinski definition) is 4. The van der Waals surface area contributed by atoms with Crippen LogP contribution < -0.4 is 5.32 Å². The molecule has 108 valence electrons. The van der Waals surface area contributed by atoms with Crippen LogP contribution in [0.4, 0.5) is 0 Å². The van der Waals surface area contributed by atoms with E-state index in [1.54, 1.807) is 11.3 Å². The summed E-state index contributed by atoms with van der Waals surface area (Å²) >= 11 is 1.79. The van der Waals surface area contributed by atoms with Gasteiger partial charge in [0.25, 0.3) is 0 Å². The number of aromatic nitrogens is 1. The van der Waals surface area contributed by atoms with E-state index in [1.807, 2.05) is 0 Å². The maximum Gasteiger partial charge on any atom is 0.110 e. The van der Waals surface area contributed by atoms with Crippen molar-refractivity contribution < 1.29 is 4.74 Å². The molecule has 3 nitrogen and oxygen atoms in total. The molecule has 0 saturated carbocycles. The van der Waals surface area contributed by atoms with Gasteiger partial charge in [0.1, 0.15) is 5.01 Å². The highest BCUT2D eigenvalue weighted by Gasteiger charge is 2.29. The van der Waals surface area contributed by atoms with E-state index in [-0.39, 0.29) is 5.41 Å². The lowest BCUT2D eigenvalue weighted by atomic mass is 9.93. The van der Waals surface area contributed by atoms with E-state index in [9.17, 15) is 0 Å². The summed E-state index contributed by atoms with van der Waals surface area (Å²) in [6.07, 6.45) is 2.30. The number of nitrogens with zero attached hydrogens (tertiary/aromatic N) is 1. The number of thiazole rings is 1. The molecule has 0 spiro atoms. The highest BCUT2D eigenvalue weighted by Crippen LogP contribution is 2.33. The van der Waals surface area contributed by atoms with Gasteiger partial charge >= 0.3 is 0 Å². The van der Waals surface area contributed by atoms with Crippen LogP contribution in [0, 0.1) is 5.92 Å². The van der Waals surface area contributed by atoms with Crippen LogP contribution >= 0.6 is 11.3 Å². The molecule has 0 amide bonds. The summed E-state index contributed by atoms with van der Waals surface area (Å²) in [5.41, 5.74) is 1.34. The zero-order valence-corrected chi connectivity index (χ0v) is 13.3. The third-order valence-electron chi connectivity index (χ3n) is 3.61. The van der Waals surface area contributed by atoms with Gasteiger partial charge in [-0.25, -0.2) is 4.98 Å². The van der Waals surface area contributed by atoms with E-state index in [0.717, 1.165) is 32.6 Å². The topological polar surface area (TPSA) is 34.2 Å². The Kier molecular flexibility index (Phi) is 4.98. The van der Waals surface area contributed by atoms with Crippen molar-refractivity contribution in [2.24, 2.45) is 5.92 Å². The van der Waals surface area contributed by atoms with Gasteiger partial charge < -0.3 is 10.1 Å². The summed E-state index contributed by atoms with van der Waals surface area (Å²) in [6, 6.07) is 0.364. The second kappa shape index (κ2) is 6.33. The Morgan fingerprint density at radius 1 is 1.53 bits per heavy atom. The van der Waals surface area contributed by atoms with Crippen molar-refractivity contribution in [1.29, 1.82) is 0 Å². The molecule has 1 saturated heterocycles. The molecule has 2 unspecified atom stereocenters. The Balaban J connectivity index is 2.14. The van der Waals surface area contributed by atoms with Crippen LogP contribution in [0.5, 0.6) is 0 Å². The van der Waals surface area contributed by atoms with E-state index in [1.165, 1.54) is 10.7 Å². The van der Waals surface area contributed by atoms with Crippen molar-refractivity contribution in [2.75, 3.05) is 19.8 Å². The first-order valence-corrected chi connectivity index (χ1v) is 8.17. The molecule has 0 aliphatic carbocycles. The van der Waals surface area contributed by atoms with Crippen LogP contribution in [0.25, 0.3) is 0 Å². The fraction of sp³-hybridized carbons (Fsp3) is 0.800. The lowest BCUT2D eigenvalue weighted by Crippen LogP contribution is -2.29. The summed E-state index contributed by atoms with van der Waals surface area (Å²) in [6.45, 7) is 11.7. The maximum absolute atomic E-state index is 5.55. The average Bonchev–Trinajstić information content (AvgIpc) is 2.99. The second-order valence-electron chi connectivity index (χ2n) is 6.38. The molecular formula is C15H26N2OS. The molecule has 2 atom stereocenters. The van der Waals surface area contributed by atoms with E-state index >= 15 is 0 Å². The molecule has 2 rings (SSSR count). The largest absolute Gasteiger partial charge is 0.381 e. The van der Waals surface area contributed by atoms with Gasteiger partial charge in [-0.2, -0.15) is 0 Å². The van der Waals surface area contributed by atoms with E-state index in [0.29, 0.717) is 12.0 Å². The summed E-state index contributed by atoms with van der Waals surface area (Å²) in [4.78, 5) is 4.88. The number of ether oxygens (including phenoxy) is 1. The van der Waals surface area contributed by atoms with Crippen LogP contribution in [0.3, 0.4) is 0 Å². The molecule has 1 aromatic rings. The second-order valence-corrected chi connectivity index (χ2v) is 7.27. The SMILES string of the molecule is CCCNC(c1nc(C(C)(C)C)cs1)C1CCOC1. The van der Waals surface area contributed by atoms with Crippen molar-refractivity contribution in [3.8, 4) is 0 Å². The fourth-order valence-corrected chi connectivity index (χ4v) is 3.56. The third-order valence-corrected chi connectivity index (χ3v) is 4.53. The summed E-state index contributed by atoms with van der Waals surface area (Å²) in [5, 5.41) is 7.10. The Morgan fingerprint density at radius 3 is 2.84 bits per heavy atom. The number of rotatable bonds is 5. The molecule has 19 heavy (non-hydrogen) atoms. The molecule has 0 radical (unpaired) electrons. The van der Waals surface area contributed by atoms with Crippen molar-refractivity contribution >= 4 is 11.3 Å². The predicted molar refractivity (Wildman–Crippen MR) is 80.8 cm³/mol. The number of hydrogen-bond donors (Lipinski definition) is 1. The first-order chi connectivity index (χ1) is 9.02. The Bertz CT molecular complexity index is 391. The molecule has 1 fully saturated rings. The van der Waals surface area contributed by atoms with E-state index < -0.39 is 0 Å². The minimum atomic E-state index is 0.135. The summed E-state index contributed by atoms with van der Waals surface area (Å²) in [5.74, 6) is 0.575. The minimum Gasteiger partial charge on any atom is -0.381 e. The normalized spacial score (nSPS) is 21.8. The van der Waals surface area contributed by atoms with E-state index in [4.69, 9.17) is 9.72 Å². The van der Waals surface area contributed by atoms with Crippen LogP contribution in [0.1, 0.15) is 57.3 Å². The van der Waals surface area contributed by atoms with Gasteiger partial charge in [-0.15, -0.1) is 11.3 Å². The van der Waals surface area contributed by atoms with Gasteiger partial charge in [-0.3, -0.25) is 0 Å². The van der Waals surface area contributed by atoms with Gasteiger partial charge in [-0.05, 0) is 19.4 Å². The number of nitrogens with one attached hydrogen (secondary N) is 1. The van der Waals surface area contributed by atoms with Crippen molar-refractivity contribution in [1.82, 2.24) is 10.3 Å². The molecule has 1 N–H and O–H groups in total. The van der Waals surface area contributed by atoms with Crippen LogP contribution in [-0.2, 0) is 10.2 Å². The van der Waals surface area contributed by atoms with Gasteiger partial charge in [0.05, 0.1) is 18.3 Å². The highest BCUT2D eigenvalue weighted by atomic mass is 32.1. The van der Waals surface area contributed by atoms with Crippen LogP contribution in [0.15, 0.2) is 5.38 Å². The average molecular weight is 282 g/mol. The van der Waals surface area contributed by atoms with Gasteiger partial charge in [0, 0.05) is 23.3 Å². The zero-order chi connectivity index (χ0) is 13.9. The lowest BCUT2D eigenvalue weighted by Gasteiger charge is -2.22. The van der Waals surface area contributed by atoms with E-state index in [2.05, 4.69) is 38.4 Å². The van der Waals surface area contributed by atoms with Gasteiger partial charge in [0.2, 0.25) is 0 Å². The van der Waals surface area contributed by atoms with Gasteiger partial charge in [-0.1, -0.05) is 27.7 Å². The predicted octanol–water partition coefficient (Wildman–Crippen LogP) is 3.52. The molecular weight excluding hydrogens is 256 g/mol. The Morgan fingerprint density at radius 2 is 2.32 bits per heavy atom. The molecule has 4 heteroatoms.